The van der Waals surface area contributed by atoms with Crippen LogP contribution in [-0.2, 0) is 65.4 Å². The molecule has 7 atom stereocenters. The lowest BCUT2D eigenvalue weighted by Crippen LogP contribution is -2.30. The monoisotopic (exact) mass is 1130 g/mol. The molecule has 0 aliphatic heterocycles. The molecule has 0 saturated carbocycles. The van der Waals surface area contributed by atoms with Gasteiger partial charge < -0.3 is 33.8 Å². The highest BCUT2D eigenvalue weighted by Crippen LogP contribution is 2.45. The molecule has 19 heteroatoms. The molecule has 0 fully saturated rings. The minimum Gasteiger partial charge on any atom is -0.462 e. The molecule has 0 heterocycles. The number of hydrogen-bond donors (Lipinski definition) is 3. The van der Waals surface area contributed by atoms with Gasteiger partial charge in [-0.25, -0.2) is 9.13 Å². The van der Waals surface area contributed by atoms with Crippen LogP contribution in [0.15, 0.2) is 0 Å². The van der Waals surface area contributed by atoms with Gasteiger partial charge in [0.1, 0.15) is 19.3 Å². The maximum Gasteiger partial charge on any atom is 0.472 e. The van der Waals surface area contributed by atoms with E-state index in [2.05, 4.69) is 41.5 Å². The fraction of sp³-hybridized carbons (Fsp3) is 0.930. The Morgan fingerprint density at radius 2 is 0.632 bits per heavy atom. The lowest BCUT2D eigenvalue weighted by molar-refractivity contribution is -0.161. The van der Waals surface area contributed by atoms with E-state index in [4.69, 9.17) is 37.0 Å². The zero-order valence-corrected chi connectivity index (χ0v) is 50.3. The number of phosphoric acid groups is 2. The molecule has 450 valence electrons. The molecule has 4 unspecified atom stereocenters. The van der Waals surface area contributed by atoms with Crippen LogP contribution in [0.25, 0.3) is 0 Å². The largest absolute Gasteiger partial charge is 0.472 e. The van der Waals surface area contributed by atoms with E-state index >= 15 is 0 Å². The third-order valence-corrected chi connectivity index (χ3v) is 15.6. The Bertz CT molecular complexity index is 1520. The summed E-state index contributed by atoms with van der Waals surface area (Å²) in [5.41, 5.74) is 0. The number of aliphatic hydroxyl groups excluding tert-OH is 1. The summed E-state index contributed by atoms with van der Waals surface area (Å²) >= 11 is 0. The summed E-state index contributed by atoms with van der Waals surface area (Å²) < 4.78 is 67.5. The van der Waals surface area contributed by atoms with Crippen LogP contribution >= 0.6 is 15.6 Å². The smallest absolute Gasteiger partial charge is 0.462 e. The van der Waals surface area contributed by atoms with Crippen molar-refractivity contribution in [3.63, 3.8) is 0 Å². The summed E-state index contributed by atoms with van der Waals surface area (Å²) in [5, 5.41) is 10.5. The van der Waals surface area contributed by atoms with Crippen LogP contribution in [0, 0.1) is 11.8 Å². The lowest BCUT2D eigenvalue weighted by Gasteiger charge is -2.21. The SMILES string of the molecule is CCCCCCCCCCCC(=O)O[C@H](COC(=O)CCCCCCC)COP(=O)(O)OC[C@H](O)COP(=O)(O)OC[C@@H](COC(=O)CCCCCCCCC(C)CC)OC(=O)CCCCCCCCCCC(C)CC. The van der Waals surface area contributed by atoms with Gasteiger partial charge >= 0.3 is 39.5 Å². The molecule has 0 aromatic heterocycles. The highest BCUT2D eigenvalue weighted by molar-refractivity contribution is 7.47. The second-order valence-electron chi connectivity index (χ2n) is 21.2. The quantitative estimate of drug-likeness (QED) is 0.0222. The number of aliphatic hydroxyl groups is 1. The van der Waals surface area contributed by atoms with Crippen molar-refractivity contribution in [3.8, 4) is 0 Å². The Balaban J connectivity index is 5.20. The van der Waals surface area contributed by atoms with Crippen molar-refractivity contribution < 1.29 is 80.2 Å². The van der Waals surface area contributed by atoms with Gasteiger partial charge in [-0.1, -0.05) is 221 Å². The zero-order chi connectivity index (χ0) is 56.6. The first-order chi connectivity index (χ1) is 36.4. The van der Waals surface area contributed by atoms with Crippen molar-refractivity contribution in [2.75, 3.05) is 39.6 Å². The van der Waals surface area contributed by atoms with E-state index in [1.807, 2.05) is 0 Å². The minimum absolute atomic E-state index is 0.104. The summed E-state index contributed by atoms with van der Waals surface area (Å²) in [5.74, 6) is -0.658. The highest BCUT2D eigenvalue weighted by atomic mass is 31.2. The topological polar surface area (TPSA) is 237 Å². The predicted octanol–water partition coefficient (Wildman–Crippen LogP) is 14.9. The fourth-order valence-electron chi connectivity index (χ4n) is 8.23. The number of carbonyl (C=O) groups is 4. The van der Waals surface area contributed by atoms with Gasteiger partial charge in [-0.05, 0) is 37.5 Å². The molecule has 3 N–H and O–H groups in total. The van der Waals surface area contributed by atoms with Crippen LogP contribution in [0.3, 0.4) is 0 Å². The minimum atomic E-state index is -4.94. The standard InChI is InChI=1S/C57H110O17P2/c1-7-11-13-15-16-17-21-29-35-41-56(61)73-52(45-67-54(59)39-33-25-14-12-8-2)47-71-75(63,64)69-43-51(58)44-70-76(65,66)72-48-53(46-68-55(60)40-34-28-24-23-27-32-38-50(6)10-4)74-57(62)42-36-30-22-19-18-20-26-31-37-49(5)9-3/h49-53,58H,7-48H2,1-6H3,(H,63,64)(H,65,66)/t49?,50?,51-,52+,53+/m0/s1. The summed E-state index contributed by atoms with van der Waals surface area (Å²) in [6.45, 7) is 9.29. The normalized spacial score (nSPS) is 15.2. The van der Waals surface area contributed by atoms with Crippen LogP contribution in [-0.4, -0.2) is 96.7 Å². The fourth-order valence-corrected chi connectivity index (χ4v) is 9.81. The third-order valence-electron chi connectivity index (χ3n) is 13.7. The van der Waals surface area contributed by atoms with Gasteiger partial charge in [0.2, 0.25) is 0 Å². The molecule has 0 spiro atoms. The molecule has 17 nitrogen and oxygen atoms in total. The van der Waals surface area contributed by atoms with E-state index in [0.29, 0.717) is 25.7 Å². The van der Waals surface area contributed by atoms with E-state index < -0.39 is 97.5 Å². The van der Waals surface area contributed by atoms with E-state index in [9.17, 15) is 43.2 Å². The van der Waals surface area contributed by atoms with Crippen LogP contribution in [0.5, 0.6) is 0 Å². The van der Waals surface area contributed by atoms with Gasteiger partial charge in [0.25, 0.3) is 0 Å². The predicted molar refractivity (Wildman–Crippen MR) is 298 cm³/mol. The third kappa shape index (κ3) is 49.1. The van der Waals surface area contributed by atoms with E-state index in [1.165, 1.54) is 77.0 Å². The molecule has 0 saturated heterocycles. The molecule has 0 amide bonds. The van der Waals surface area contributed by atoms with E-state index in [0.717, 1.165) is 115 Å². The Hall–Kier alpha value is -1.94. The first-order valence-electron chi connectivity index (χ1n) is 30.1. The molecular formula is C57H110O17P2. The molecule has 0 aromatic carbocycles. The van der Waals surface area contributed by atoms with E-state index in [-0.39, 0.29) is 25.7 Å². The Kier molecular flexibility index (Phi) is 48.8. The summed E-state index contributed by atoms with van der Waals surface area (Å²) in [6.07, 6.45) is 29.7. The summed E-state index contributed by atoms with van der Waals surface area (Å²) in [7, 11) is -9.86. The average Bonchev–Trinajstić information content (AvgIpc) is 3.39. The summed E-state index contributed by atoms with van der Waals surface area (Å²) in [6, 6.07) is 0. The number of rotatable bonds is 56. The lowest BCUT2D eigenvalue weighted by atomic mass is 9.99. The van der Waals surface area contributed by atoms with Crippen molar-refractivity contribution in [2.24, 2.45) is 11.8 Å². The van der Waals surface area contributed by atoms with Crippen LogP contribution in [0.4, 0.5) is 0 Å². The Morgan fingerprint density at radius 3 is 0.934 bits per heavy atom. The first-order valence-corrected chi connectivity index (χ1v) is 33.1. The molecule has 0 rings (SSSR count). The van der Waals surface area contributed by atoms with Crippen molar-refractivity contribution in [1.29, 1.82) is 0 Å². The number of hydrogen-bond acceptors (Lipinski definition) is 15. The second kappa shape index (κ2) is 50.1. The molecule has 0 aromatic rings. The molecule has 0 bridgehead atoms. The van der Waals surface area contributed by atoms with Gasteiger partial charge in [0.15, 0.2) is 12.2 Å². The Labute approximate surface area is 460 Å². The molecule has 0 radical (unpaired) electrons. The maximum absolute atomic E-state index is 12.9. The summed E-state index contributed by atoms with van der Waals surface area (Å²) in [4.78, 5) is 71.6. The number of carbonyl (C=O) groups excluding carboxylic acids is 4. The number of esters is 4. The number of unbranched alkanes of at least 4 members (excludes halogenated alkanes) is 24. The number of phosphoric ester groups is 2. The average molecular weight is 1130 g/mol. The van der Waals surface area contributed by atoms with Gasteiger partial charge in [-0.15, -0.1) is 0 Å². The first kappa shape index (κ1) is 74.1. The van der Waals surface area contributed by atoms with Crippen molar-refractivity contribution in [3.05, 3.63) is 0 Å². The van der Waals surface area contributed by atoms with Gasteiger partial charge in [-0.3, -0.25) is 37.3 Å². The molecule has 76 heavy (non-hydrogen) atoms. The van der Waals surface area contributed by atoms with E-state index in [1.54, 1.807) is 0 Å². The van der Waals surface area contributed by atoms with Crippen LogP contribution in [0.1, 0.15) is 273 Å². The molecule has 0 aliphatic rings. The van der Waals surface area contributed by atoms with Gasteiger partial charge in [0, 0.05) is 25.7 Å². The van der Waals surface area contributed by atoms with Crippen molar-refractivity contribution >= 4 is 39.5 Å². The Morgan fingerprint density at radius 1 is 0.368 bits per heavy atom. The van der Waals surface area contributed by atoms with Gasteiger partial charge in [-0.2, -0.15) is 0 Å². The molecular weight excluding hydrogens is 1020 g/mol. The van der Waals surface area contributed by atoms with Crippen LogP contribution in [0.2, 0.25) is 0 Å². The second-order valence-corrected chi connectivity index (χ2v) is 24.1. The van der Waals surface area contributed by atoms with Gasteiger partial charge in [0.05, 0.1) is 26.4 Å². The highest BCUT2D eigenvalue weighted by Gasteiger charge is 2.30. The van der Waals surface area contributed by atoms with Crippen molar-refractivity contribution in [2.45, 2.75) is 291 Å². The van der Waals surface area contributed by atoms with Crippen LogP contribution < -0.4 is 0 Å². The molecule has 0 aliphatic carbocycles. The zero-order valence-electron chi connectivity index (χ0n) is 48.5. The maximum atomic E-state index is 12.9. The van der Waals surface area contributed by atoms with Crippen molar-refractivity contribution in [1.82, 2.24) is 0 Å². The number of ether oxygens (including phenoxy) is 4.